The lowest BCUT2D eigenvalue weighted by atomic mass is 9.70. The number of nitrogens with one attached hydrogen (secondary N) is 4. The van der Waals surface area contributed by atoms with Crippen molar-refractivity contribution in [2.45, 2.75) is 127 Å². The van der Waals surface area contributed by atoms with Crippen molar-refractivity contribution in [1.82, 2.24) is 26.2 Å². The Morgan fingerprint density at radius 3 is 2.26 bits per heavy atom. The molecule has 2 saturated heterocycles. The van der Waals surface area contributed by atoms with Crippen LogP contribution >= 0.6 is 0 Å². The highest BCUT2D eigenvalue weighted by Crippen LogP contribution is 2.45. The molecule has 3 saturated carbocycles. The first-order valence-corrected chi connectivity index (χ1v) is 16.9. The summed E-state index contributed by atoms with van der Waals surface area (Å²) in [6.45, 7) is 2.26. The van der Waals surface area contributed by atoms with Crippen molar-refractivity contribution in [2.75, 3.05) is 13.1 Å². The number of Topliss-reactive ketones (excluding diaryl/α,β-unsaturated/α-hetero) is 1. The van der Waals surface area contributed by atoms with Gasteiger partial charge in [-0.3, -0.25) is 28.8 Å². The van der Waals surface area contributed by atoms with Gasteiger partial charge < -0.3 is 26.2 Å². The molecule has 0 bridgehead atoms. The third kappa shape index (κ3) is 7.35. The molecule has 5 aliphatic rings. The van der Waals surface area contributed by atoms with E-state index in [0.29, 0.717) is 45.1 Å². The molecule has 5 fully saturated rings. The third-order valence-electron chi connectivity index (χ3n) is 11.1. The van der Waals surface area contributed by atoms with E-state index in [1.54, 1.807) is 6.92 Å². The summed E-state index contributed by atoms with van der Waals surface area (Å²) in [6, 6.07) is -4.05. The van der Waals surface area contributed by atoms with Gasteiger partial charge in [-0.2, -0.15) is 13.2 Å². The van der Waals surface area contributed by atoms with Gasteiger partial charge >= 0.3 is 12.1 Å². The number of fused-ring (bicyclic) bond motifs is 1. The second-order valence-electron chi connectivity index (χ2n) is 14.3. The number of carbonyl (C=O) groups is 6. The van der Waals surface area contributed by atoms with Crippen molar-refractivity contribution in [3.05, 3.63) is 0 Å². The van der Waals surface area contributed by atoms with Gasteiger partial charge in [0.15, 0.2) is 0 Å². The average Bonchev–Trinajstić information content (AvgIpc) is 3.81. The van der Waals surface area contributed by atoms with Crippen LogP contribution in [0.25, 0.3) is 0 Å². The van der Waals surface area contributed by atoms with Gasteiger partial charge in [-0.1, -0.05) is 45.4 Å². The average molecular weight is 654 g/mol. The first-order chi connectivity index (χ1) is 21.8. The minimum absolute atomic E-state index is 0.0711. The van der Waals surface area contributed by atoms with E-state index in [1.165, 1.54) is 4.90 Å². The molecular formula is C32H46F3N5O6. The third-order valence-corrected chi connectivity index (χ3v) is 11.1. The zero-order chi connectivity index (χ0) is 33.2. The highest BCUT2D eigenvalue weighted by Gasteiger charge is 2.54. The number of nitrogens with zero attached hydrogens (tertiary/aromatic N) is 1. The van der Waals surface area contributed by atoms with E-state index in [-0.39, 0.29) is 36.8 Å². The molecule has 3 aliphatic carbocycles. The maximum Gasteiger partial charge on any atom is 0.471 e. The van der Waals surface area contributed by atoms with E-state index in [1.807, 2.05) is 5.32 Å². The lowest BCUT2D eigenvalue weighted by Crippen LogP contribution is -2.62. The first-order valence-electron chi connectivity index (χ1n) is 16.9. The molecule has 14 heteroatoms. The molecule has 0 spiro atoms. The van der Waals surface area contributed by atoms with Crippen molar-refractivity contribution in [3.8, 4) is 0 Å². The first kappa shape index (κ1) is 34.2. The summed E-state index contributed by atoms with van der Waals surface area (Å²) in [6.07, 6.45) is 3.77. The van der Waals surface area contributed by atoms with Crippen molar-refractivity contribution in [3.63, 3.8) is 0 Å². The van der Waals surface area contributed by atoms with Crippen LogP contribution in [0.4, 0.5) is 13.2 Å². The van der Waals surface area contributed by atoms with E-state index < -0.39 is 65.0 Å². The van der Waals surface area contributed by atoms with E-state index in [0.717, 1.165) is 44.9 Å². The van der Waals surface area contributed by atoms with Crippen LogP contribution in [0.15, 0.2) is 0 Å². The van der Waals surface area contributed by atoms with Crippen molar-refractivity contribution >= 4 is 35.3 Å². The van der Waals surface area contributed by atoms with Gasteiger partial charge in [-0.15, -0.1) is 0 Å². The normalized spacial score (nSPS) is 29.0. The molecule has 0 radical (unpaired) electrons. The zero-order valence-electron chi connectivity index (χ0n) is 26.4. The molecule has 46 heavy (non-hydrogen) atoms. The summed E-state index contributed by atoms with van der Waals surface area (Å²) in [5, 5.41) is 10.2. The molecule has 2 heterocycles. The molecule has 2 aliphatic heterocycles. The molecule has 0 aromatic heterocycles. The molecule has 6 atom stereocenters. The molecule has 256 valence electrons. The standard InChI is InChI=1S/C32H46F3N5O6/c1-31(13-5-2-6-14-31)25(39-30(46)32(33,34)35)29(45)40-17-19-8-7-11-21(19)23(40)27(43)38-22(16-18-12-15-36-26(18)42)24(41)28(44)37-20-9-3-4-10-20/h18-23,25H,2-17H2,1H3,(H,36,42)(H,37,44)(H,38,43)(H,39,46)/t18-,19-,21-,22-,23-,25?/m0/s1. The number of likely N-dealkylation sites (tertiary alicyclic amines) is 1. The van der Waals surface area contributed by atoms with Crippen LogP contribution in [0, 0.1) is 23.2 Å². The minimum Gasteiger partial charge on any atom is -0.356 e. The second kappa shape index (κ2) is 13.9. The van der Waals surface area contributed by atoms with Crippen LogP contribution in [-0.4, -0.2) is 83.7 Å². The Morgan fingerprint density at radius 1 is 0.935 bits per heavy atom. The maximum atomic E-state index is 14.3. The minimum atomic E-state index is -5.19. The predicted octanol–water partition coefficient (Wildman–Crippen LogP) is 2.27. The van der Waals surface area contributed by atoms with Gasteiger partial charge in [0.1, 0.15) is 12.1 Å². The number of alkyl halides is 3. The number of rotatable bonds is 10. The molecule has 0 aromatic carbocycles. The maximum absolute atomic E-state index is 14.3. The van der Waals surface area contributed by atoms with Gasteiger partial charge in [0.05, 0.1) is 6.04 Å². The molecule has 4 N–H and O–H groups in total. The van der Waals surface area contributed by atoms with Gasteiger partial charge in [0.25, 0.3) is 5.91 Å². The van der Waals surface area contributed by atoms with Gasteiger partial charge in [0.2, 0.25) is 23.5 Å². The number of ketones is 1. The summed E-state index contributed by atoms with van der Waals surface area (Å²) in [5.74, 6) is -6.57. The topological polar surface area (TPSA) is 154 Å². The number of hydrogen-bond acceptors (Lipinski definition) is 6. The second-order valence-corrected chi connectivity index (χ2v) is 14.3. The summed E-state index contributed by atoms with van der Waals surface area (Å²) in [5.41, 5.74) is -0.943. The number of halogens is 3. The van der Waals surface area contributed by atoms with Crippen LogP contribution in [0.5, 0.6) is 0 Å². The molecule has 11 nitrogen and oxygen atoms in total. The van der Waals surface area contributed by atoms with Crippen molar-refractivity contribution < 1.29 is 41.9 Å². The highest BCUT2D eigenvalue weighted by atomic mass is 19.4. The van der Waals surface area contributed by atoms with Crippen LogP contribution in [0.3, 0.4) is 0 Å². The molecule has 5 rings (SSSR count). The lowest BCUT2D eigenvalue weighted by Gasteiger charge is -2.42. The van der Waals surface area contributed by atoms with E-state index >= 15 is 0 Å². The Bertz CT molecular complexity index is 1220. The largest absolute Gasteiger partial charge is 0.471 e. The predicted molar refractivity (Wildman–Crippen MR) is 159 cm³/mol. The molecule has 5 amide bonds. The quantitative estimate of drug-likeness (QED) is 0.266. The van der Waals surface area contributed by atoms with Crippen molar-refractivity contribution in [2.24, 2.45) is 23.2 Å². The Balaban J connectivity index is 1.40. The smallest absolute Gasteiger partial charge is 0.356 e. The monoisotopic (exact) mass is 653 g/mol. The SMILES string of the molecule is CC1(C(NC(=O)C(F)(F)F)C(=O)N2C[C@@H]3CCC[C@@H]3[C@H]2C(=O)N[C@@H](C[C@@H]2CCNC2=O)C(=O)C(=O)NC2CCCC2)CCCCC1. The Kier molecular flexibility index (Phi) is 10.3. The van der Waals surface area contributed by atoms with Gasteiger partial charge in [-0.05, 0) is 68.6 Å². The number of carbonyl (C=O) groups excluding carboxylic acids is 6. The summed E-state index contributed by atoms with van der Waals surface area (Å²) < 4.78 is 40.3. The summed E-state index contributed by atoms with van der Waals surface area (Å²) in [7, 11) is 0. The Morgan fingerprint density at radius 2 is 1.63 bits per heavy atom. The highest BCUT2D eigenvalue weighted by molar-refractivity contribution is 6.38. The fourth-order valence-electron chi connectivity index (χ4n) is 8.56. The van der Waals surface area contributed by atoms with Gasteiger partial charge in [0, 0.05) is 25.0 Å². The lowest BCUT2D eigenvalue weighted by molar-refractivity contribution is -0.176. The molecule has 1 unspecified atom stereocenters. The summed E-state index contributed by atoms with van der Waals surface area (Å²) in [4.78, 5) is 80.9. The van der Waals surface area contributed by atoms with Crippen molar-refractivity contribution in [1.29, 1.82) is 0 Å². The van der Waals surface area contributed by atoms with E-state index in [4.69, 9.17) is 0 Å². The Labute approximate surface area is 266 Å². The number of hydrogen-bond donors (Lipinski definition) is 4. The Hall–Kier alpha value is -3.19. The fourth-order valence-corrected chi connectivity index (χ4v) is 8.56. The molecular weight excluding hydrogens is 607 g/mol. The van der Waals surface area contributed by atoms with Crippen LogP contribution in [0.1, 0.15) is 96.8 Å². The van der Waals surface area contributed by atoms with Crippen LogP contribution in [-0.2, 0) is 28.8 Å². The van der Waals surface area contributed by atoms with Crippen LogP contribution in [0.2, 0.25) is 0 Å². The van der Waals surface area contributed by atoms with E-state index in [2.05, 4.69) is 16.0 Å². The zero-order valence-corrected chi connectivity index (χ0v) is 26.4. The fraction of sp³-hybridized carbons (Fsp3) is 0.812. The number of amides is 5. The van der Waals surface area contributed by atoms with E-state index in [9.17, 15) is 41.9 Å². The summed E-state index contributed by atoms with van der Waals surface area (Å²) >= 11 is 0. The van der Waals surface area contributed by atoms with Gasteiger partial charge in [-0.25, -0.2) is 0 Å². The molecule has 0 aromatic rings. The van der Waals surface area contributed by atoms with Crippen LogP contribution < -0.4 is 21.3 Å².